The van der Waals surface area contributed by atoms with E-state index in [4.69, 9.17) is 0 Å². The first-order valence-corrected chi connectivity index (χ1v) is 9.18. The molecule has 3 heterocycles. The molecule has 0 bridgehead atoms. The quantitative estimate of drug-likeness (QED) is 0.554. The smallest absolute Gasteiger partial charge is 0.268 e. The molecule has 0 atom stereocenters. The lowest BCUT2D eigenvalue weighted by molar-refractivity contribution is 0.760. The molecule has 1 aromatic carbocycles. The maximum Gasteiger partial charge on any atom is 0.272 e. The lowest BCUT2D eigenvalue weighted by atomic mass is 10.00. The highest BCUT2D eigenvalue weighted by atomic mass is 32.1. The van der Waals surface area contributed by atoms with Gasteiger partial charge in [0.05, 0.1) is 34.6 Å². The van der Waals surface area contributed by atoms with Gasteiger partial charge in [-0.25, -0.2) is 5.10 Å². The number of nitrogens with one attached hydrogen (secondary N) is 1. The van der Waals surface area contributed by atoms with E-state index < -0.39 is 0 Å². The fourth-order valence-corrected chi connectivity index (χ4v) is 3.70. The molecule has 7 heteroatoms. The molecule has 3 aromatic heterocycles. The van der Waals surface area contributed by atoms with Crippen molar-refractivity contribution in [2.24, 2.45) is 7.05 Å². The SMILES string of the molecule is Cc1n[nH]c(=O)c2ccc(-c3cnn(C)c3C=C(C#N)c3ccsc3)cc12. The molecule has 0 aliphatic heterocycles. The van der Waals surface area contributed by atoms with Gasteiger partial charge in [0.15, 0.2) is 0 Å². The summed E-state index contributed by atoms with van der Waals surface area (Å²) in [5.74, 6) is 0. The zero-order chi connectivity index (χ0) is 19.0. The molecule has 0 saturated carbocycles. The van der Waals surface area contributed by atoms with Crippen molar-refractivity contribution < 1.29 is 0 Å². The number of rotatable bonds is 3. The zero-order valence-corrected chi connectivity index (χ0v) is 15.5. The van der Waals surface area contributed by atoms with Crippen LogP contribution in [-0.4, -0.2) is 20.0 Å². The first-order valence-electron chi connectivity index (χ1n) is 8.24. The molecule has 0 radical (unpaired) electrons. The van der Waals surface area contributed by atoms with E-state index in [0.29, 0.717) is 11.0 Å². The Morgan fingerprint density at radius 1 is 1.33 bits per heavy atom. The molecule has 0 fully saturated rings. The van der Waals surface area contributed by atoms with E-state index in [1.807, 2.05) is 49.0 Å². The largest absolute Gasteiger partial charge is 0.272 e. The van der Waals surface area contributed by atoms with Gasteiger partial charge in [-0.1, -0.05) is 6.07 Å². The number of hydrogen-bond acceptors (Lipinski definition) is 5. The molecule has 4 rings (SSSR count). The Kier molecular flexibility index (Phi) is 4.18. The normalized spacial score (nSPS) is 11.7. The molecular formula is C20H15N5OS. The third-order valence-electron chi connectivity index (χ3n) is 4.51. The van der Waals surface area contributed by atoms with Crippen LogP contribution in [0.5, 0.6) is 0 Å². The number of aromatic amines is 1. The first-order chi connectivity index (χ1) is 13.1. The summed E-state index contributed by atoms with van der Waals surface area (Å²) in [6.45, 7) is 1.86. The fraction of sp³-hybridized carbons (Fsp3) is 0.100. The topological polar surface area (TPSA) is 87.4 Å². The maximum absolute atomic E-state index is 12.0. The van der Waals surface area contributed by atoms with Crippen molar-refractivity contribution in [1.82, 2.24) is 20.0 Å². The number of fused-ring (bicyclic) bond motifs is 1. The van der Waals surface area contributed by atoms with Crippen molar-refractivity contribution in [2.75, 3.05) is 0 Å². The van der Waals surface area contributed by atoms with Gasteiger partial charge in [0.1, 0.15) is 0 Å². The lowest BCUT2D eigenvalue weighted by Gasteiger charge is -2.06. The minimum absolute atomic E-state index is 0.210. The lowest BCUT2D eigenvalue weighted by Crippen LogP contribution is -2.09. The summed E-state index contributed by atoms with van der Waals surface area (Å²) in [4.78, 5) is 12.0. The van der Waals surface area contributed by atoms with Gasteiger partial charge >= 0.3 is 0 Å². The second kappa shape index (κ2) is 6.67. The molecule has 0 unspecified atom stereocenters. The highest BCUT2D eigenvalue weighted by molar-refractivity contribution is 7.08. The van der Waals surface area contributed by atoms with Gasteiger partial charge < -0.3 is 0 Å². The maximum atomic E-state index is 12.0. The summed E-state index contributed by atoms with van der Waals surface area (Å²) in [7, 11) is 1.84. The van der Waals surface area contributed by atoms with E-state index >= 15 is 0 Å². The Morgan fingerprint density at radius 3 is 2.93 bits per heavy atom. The van der Waals surface area contributed by atoms with Gasteiger partial charge in [0.25, 0.3) is 5.56 Å². The molecule has 4 aromatic rings. The van der Waals surface area contributed by atoms with Crippen molar-refractivity contribution in [2.45, 2.75) is 6.92 Å². The van der Waals surface area contributed by atoms with Gasteiger partial charge in [-0.3, -0.25) is 9.48 Å². The van der Waals surface area contributed by atoms with E-state index in [9.17, 15) is 10.1 Å². The third-order valence-corrected chi connectivity index (χ3v) is 5.19. The zero-order valence-electron chi connectivity index (χ0n) is 14.7. The number of aryl methyl sites for hydroxylation is 2. The molecule has 0 saturated heterocycles. The standard InChI is InChI=1S/C20H15N5OS/c1-12-17-7-13(3-4-16(17)20(26)24-23-12)18-10-22-25(2)19(18)8-15(9-21)14-5-6-27-11-14/h3-8,10-11H,1-2H3,(H,24,26). The summed E-state index contributed by atoms with van der Waals surface area (Å²) in [5, 5.41) is 25.8. The van der Waals surface area contributed by atoms with Crippen LogP contribution in [0.25, 0.3) is 33.5 Å². The van der Waals surface area contributed by atoms with Gasteiger partial charge in [-0.05, 0) is 47.5 Å². The molecule has 6 nitrogen and oxygen atoms in total. The van der Waals surface area contributed by atoms with Crippen LogP contribution in [0.1, 0.15) is 17.0 Å². The number of aromatic nitrogens is 4. The molecule has 27 heavy (non-hydrogen) atoms. The number of thiophene rings is 1. The van der Waals surface area contributed by atoms with Gasteiger partial charge in [-0.2, -0.15) is 26.8 Å². The van der Waals surface area contributed by atoms with Crippen LogP contribution in [0.15, 0.2) is 46.0 Å². The average Bonchev–Trinajstić information content (AvgIpc) is 3.33. The van der Waals surface area contributed by atoms with E-state index in [0.717, 1.165) is 33.5 Å². The average molecular weight is 373 g/mol. The van der Waals surface area contributed by atoms with Gasteiger partial charge in [0.2, 0.25) is 0 Å². The third kappa shape index (κ3) is 2.96. The minimum atomic E-state index is -0.210. The van der Waals surface area contributed by atoms with Crippen molar-refractivity contribution in [3.8, 4) is 17.2 Å². The van der Waals surface area contributed by atoms with Crippen molar-refractivity contribution in [3.05, 3.63) is 68.5 Å². The van der Waals surface area contributed by atoms with Crippen LogP contribution < -0.4 is 5.56 Å². The predicted octanol–water partition coefficient (Wildman–Crippen LogP) is 3.76. The monoisotopic (exact) mass is 373 g/mol. The summed E-state index contributed by atoms with van der Waals surface area (Å²) < 4.78 is 1.74. The second-order valence-corrected chi connectivity index (χ2v) is 6.93. The second-order valence-electron chi connectivity index (χ2n) is 6.15. The van der Waals surface area contributed by atoms with Gasteiger partial charge in [0, 0.05) is 23.6 Å². The summed E-state index contributed by atoms with van der Waals surface area (Å²) >= 11 is 1.55. The van der Waals surface area contributed by atoms with Crippen LogP contribution in [0.4, 0.5) is 0 Å². The van der Waals surface area contributed by atoms with E-state index in [1.54, 1.807) is 28.3 Å². The fourth-order valence-electron chi connectivity index (χ4n) is 3.04. The molecule has 0 aliphatic carbocycles. The molecule has 132 valence electrons. The van der Waals surface area contributed by atoms with Crippen LogP contribution in [0.2, 0.25) is 0 Å². The number of H-pyrrole nitrogens is 1. The number of nitrogens with zero attached hydrogens (tertiary/aromatic N) is 4. The minimum Gasteiger partial charge on any atom is -0.268 e. The molecule has 0 amide bonds. The Bertz CT molecular complexity index is 1270. The van der Waals surface area contributed by atoms with E-state index in [2.05, 4.69) is 21.4 Å². The first kappa shape index (κ1) is 16.9. The van der Waals surface area contributed by atoms with E-state index in [-0.39, 0.29) is 5.56 Å². The summed E-state index contributed by atoms with van der Waals surface area (Å²) in [6, 6.07) is 9.82. The van der Waals surface area contributed by atoms with Crippen molar-refractivity contribution >= 4 is 33.8 Å². The Morgan fingerprint density at radius 2 is 2.19 bits per heavy atom. The van der Waals surface area contributed by atoms with Gasteiger partial charge in [-0.15, -0.1) is 0 Å². The Hall–Kier alpha value is -3.50. The highest BCUT2D eigenvalue weighted by Gasteiger charge is 2.13. The van der Waals surface area contributed by atoms with Crippen LogP contribution in [0.3, 0.4) is 0 Å². The van der Waals surface area contributed by atoms with Crippen LogP contribution in [0, 0.1) is 18.3 Å². The number of nitriles is 1. The van der Waals surface area contributed by atoms with E-state index in [1.165, 1.54) is 0 Å². The summed E-state index contributed by atoms with van der Waals surface area (Å²) in [6.07, 6.45) is 3.61. The number of benzene rings is 1. The Balaban J connectivity index is 1.90. The van der Waals surface area contributed by atoms with Crippen molar-refractivity contribution in [3.63, 3.8) is 0 Å². The van der Waals surface area contributed by atoms with Crippen LogP contribution >= 0.6 is 11.3 Å². The predicted molar refractivity (Wildman–Crippen MR) is 107 cm³/mol. The molecular weight excluding hydrogens is 358 g/mol. The molecule has 0 aliphatic rings. The molecule has 0 spiro atoms. The Labute approximate surface area is 159 Å². The number of allylic oxidation sites excluding steroid dienone is 1. The van der Waals surface area contributed by atoms with Crippen molar-refractivity contribution in [1.29, 1.82) is 5.26 Å². The highest BCUT2D eigenvalue weighted by Crippen LogP contribution is 2.30. The summed E-state index contributed by atoms with van der Waals surface area (Å²) in [5.41, 5.74) is 4.64. The molecule has 1 N–H and O–H groups in total. The number of hydrogen-bond donors (Lipinski definition) is 1. The van der Waals surface area contributed by atoms with Crippen LogP contribution in [-0.2, 0) is 7.05 Å².